The minimum Gasteiger partial charge on any atom is -0.467 e. The molecule has 5 nitrogen and oxygen atoms in total. The molecule has 150 valence electrons. The second-order valence-corrected chi connectivity index (χ2v) is 9.14. The van der Waals surface area contributed by atoms with E-state index in [1.165, 1.54) is 12.0 Å². The van der Waals surface area contributed by atoms with Gasteiger partial charge in [-0.2, -0.15) is 0 Å². The molecular weight excluding hydrogens is 386 g/mol. The van der Waals surface area contributed by atoms with Crippen molar-refractivity contribution < 1.29 is 19.1 Å². The monoisotopic (exact) mass is 413 g/mol. The van der Waals surface area contributed by atoms with Crippen molar-refractivity contribution >= 4 is 46.0 Å². The van der Waals surface area contributed by atoms with Crippen LogP contribution in [0.3, 0.4) is 0 Å². The molecule has 0 spiro atoms. The normalized spacial score (nSPS) is 12.4. The Kier molecular flexibility index (Phi) is 8.36. The molecule has 0 aliphatic rings. The summed E-state index contributed by atoms with van der Waals surface area (Å²) < 4.78 is 4.83. The molecule has 0 saturated carbocycles. The highest BCUT2D eigenvalue weighted by atomic mass is 35.5. The molecule has 0 aliphatic carbocycles. The molecular formula is C20H28ClNO4S. The summed E-state index contributed by atoms with van der Waals surface area (Å²) in [6.45, 7) is 11.2. The van der Waals surface area contributed by atoms with Crippen LogP contribution >= 0.6 is 23.4 Å². The first-order valence-corrected chi connectivity index (χ1v) is 10.1. The molecule has 0 bridgehead atoms. The number of thioether (sulfide) groups is 1. The molecule has 7 heteroatoms. The van der Waals surface area contributed by atoms with Crippen LogP contribution in [0.5, 0.6) is 0 Å². The highest BCUT2D eigenvalue weighted by Crippen LogP contribution is 2.33. The highest BCUT2D eigenvalue weighted by Gasteiger charge is 2.31. The van der Waals surface area contributed by atoms with Gasteiger partial charge in [-0.3, -0.25) is 14.5 Å². The zero-order valence-corrected chi connectivity index (χ0v) is 18.6. The van der Waals surface area contributed by atoms with Crippen LogP contribution in [0.1, 0.15) is 45.2 Å². The first kappa shape index (κ1) is 23.5. The molecule has 0 unspecified atom stereocenters. The summed E-state index contributed by atoms with van der Waals surface area (Å²) in [6, 6.07) is 2.71. The van der Waals surface area contributed by atoms with Gasteiger partial charge < -0.3 is 4.74 Å². The van der Waals surface area contributed by atoms with E-state index in [4.69, 9.17) is 16.3 Å². The Morgan fingerprint density at radius 3 is 2.33 bits per heavy atom. The predicted octanol–water partition coefficient (Wildman–Crippen LogP) is 4.55. The summed E-state index contributed by atoms with van der Waals surface area (Å²) in [6.07, 6.45) is 0.368. The van der Waals surface area contributed by atoms with Gasteiger partial charge in [0.1, 0.15) is 6.04 Å². The van der Waals surface area contributed by atoms with Crippen LogP contribution in [0.4, 0.5) is 5.69 Å². The van der Waals surface area contributed by atoms with Gasteiger partial charge in [0, 0.05) is 11.4 Å². The molecule has 0 radical (unpaired) electrons. The fourth-order valence-electron chi connectivity index (χ4n) is 2.69. The lowest BCUT2D eigenvalue weighted by atomic mass is 9.93. The fourth-order valence-corrected chi connectivity index (χ4v) is 3.80. The number of esters is 1. The van der Waals surface area contributed by atoms with E-state index >= 15 is 0 Å². The molecule has 1 rings (SSSR count). The van der Waals surface area contributed by atoms with E-state index in [9.17, 15) is 14.4 Å². The highest BCUT2D eigenvalue weighted by molar-refractivity contribution is 8.14. The largest absolute Gasteiger partial charge is 0.467 e. The van der Waals surface area contributed by atoms with Crippen LogP contribution in [0.2, 0.25) is 5.02 Å². The van der Waals surface area contributed by atoms with Gasteiger partial charge in [-0.05, 0) is 43.4 Å². The third-order valence-electron chi connectivity index (χ3n) is 4.04. The number of halogens is 1. The van der Waals surface area contributed by atoms with E-state index in [1.54, 1.807) is 26.0 Å². The second-order valence-electron chi connectivity index (χ2n) is 7.70. The lowest BCUT2D eigenvalue weighted by Crippen LogP contribution is -2.46. The maximum absolute atomic E-state index is 13.0. The number of rotatable bonds is 6. The number of methoxy groups -OCH3 is 1. The fraction of sp³-hybridized carbons (Fsp3) is 0.550. The van der Waals surface area contributed by atoms with Gasteiger partial charge in [0.2, 0.25) is 5.91 Å². The number of benzene rings is 1. The minimum absolute atomic E-state index is 0.0539. The number of hydrogen-bond donors (Lipinski definition) is 0. The summed E-state index contributed by atoms with van der Waals surface area (Å²) in [5.41, 5.74) is 1.94. The first-order valence-electron chi connectivity index (χ1n) is 8.70. The molecule has 1 aromatic rings. The van der Waals surface area contributed by atoms with Crippen LogP contribution in [0.25, 0.3) is 0 Å². The van der Waals surface area contributed by atoms with Gasteiger partial charge in [0.25, 0.3) is 0 Å². The van der Waals surface area contributed by atoms with E-state index in [1.807, 2.05) is 27.7 Å². The number of amides is 1. The topological polar surface area (TPSA) is 63.7 Å². The van der Waals surface area contributed by atoms with Gasteiger partial charge in [0.15, 0.2) is 5.12 Å². The summed E-state index contributed by atoms with van der Waals surface area (Å²) in [4.78, 5) is 38.7. The quantitative estimate of drug-likeness (QED) is 0.640. The average molecular weight is 414 g/mol. The molecule has 0 heterocycles. The minimum atomic E-state index is -0.836. The Labute approximate surface area is 170 Å². The van der Waals surface area contributed by atoms with Crippen LogP contribution in [0.15, 0.2) is 12.1 Å². The van der Waals surface area contributed by atoms with Crippen LogP contribution in [0, 0.1) is 19.3 Å². The van der Waals surface area contributed by atoms with Gasteiger partial charge >= 0.3 is 5.97 Å². The van der Waals surface area contributed by atoms with Gasteiger partial charge in [-0.1, -0.05) is 50.2 Å². The molecule has 0 saturated heterocycles. The van der Waals surface area contributed by atoms with E-state index in [-0.39, 0.29) is 22.2 Å². The zero-order valence-electron chi connectivity index (χ0n) is 17.0. The number of carbonyl (C=O) groups excluding carboxylic acids is 3. The van der Waals surface area contributed by atoms with Crippen molar-refractivity contribution in [3.05, 3.63) is 28.3 Å². The van der Waals surface area contributed by atoms with E-state index in [2.05, 4.69) is 0 Å². The first-order chi connectivity index (χ1) is 12.4. The molecule has 0 N–H and O–H groups in total. The maximum atomic E-state index is 13.0. The van der Waals surface area contributed by atoms with Crippen molar-refractivity contribution in [2.45, 2.75) is 54.0 Å². The van der Waals surface area contributed by atoms with Crippen molar-refractivity contribution in [3.8, 4) is 0 Å². The standard InChI is InChI=1S/C20H28ClNO4S/c1-12-8-9-15(21)13(2)18(12)22(14(3)19(25)26-7)16(23)11-27-17(24)10-20(4,5)6/h8-9,14H,10-11H2,1-7H3/t14-/m0/s1. The molecule has 1 amide bonds. The van der Waals surface area contributed by atoms with Crippen molar-refractivity contribution in [2.24, 2.45) is 5.41 Å². The van der Waals surface area contributed by atoms with Crippen LogP contribution in [-0.4, -0.2) is 35.9 Å². The molecule has 0 aromatic heterocycles. The van der Waals surface area contributed by atoms with Crippen molar-refractivity contribution in [1.82, 2.24) is 0 Å². The third-order valence-corrected chi connectivity index (χ3v) is 5.30. The average Bonchev–Trinajstić information content (AvgIpc) is 2.57. The molecule has 1 aromatic carbocycles. The number of anilines is 1. The predicted molar refractivity (Wildman–Crippen MR) is 111 cm³/mol. The maximum Gasteiger partial charge on any atom is 0.328 e. The van der Waals surface area contributed by atoms with Crippen molar-refractivity contribution in [1.29, 1.82) is 0 Å². The Balaban J connectivity index is 3.17. The van der Waals surface area contributed by atoms with E-state index in [0.717, 1.165) is 17.3 Å². The third kappa shape index (κ3) is 6.54. The van der Waals surface area contributed by atoms with Crippen LogP contribution < -0.4 is 4.90 Å². The summed E-state index contributed by atoms with van der Waals surface area (Å²) >= 11 is 7.21. The Bertz CT molecular complexity index is 727. The zero-order chi connectivity index (χ0) is 20.9. The summed E-state index contributed by atoms with van der Waals surface area (Å²) in [7, 11) is 1.28. The lowest BCUT2D eigenvalue weighted by Gasteiger charge is -2.30. The molecule has 0 fully saturated rings. The lowest BCUT2D eigenvalue weighted by molar-refractivity contribution is -0.142. The smallest absolute Gasteiger partial charge is 0.328 e. The van der Waals surface area contributed by atoms with Crippen molar-refractivity contribution in [3.63, 3.8) is 0 Å². The number of aryl methyl sites for hydroxylation is 1. The number of hydrogen-bond acceptors (Lipinski definition) is 5. The molecule has 0 aliphatic heterocycles. The van der Waals surface area contributed by atoms with E-state index < -0.39 is 12.0 Å². The van der Waals surface area contributed by atoms with Crippen molar-refractivity contribution in [2.75, 3.05) is 17.8 Å². The summed E-state index contributed by atoms with van der Waals surface area (Å²) in [5, 5.41) is 0.447. The van der Waals surface area contributed by atoms with Crippen LogP contribution in [-0.2, 0) is 19.1 Å². The Hall–Kier alpha value is -1.53. The molecule has 27 heavy (non-hydrogen) atoms. The number of nitrogens with zero attached hydrogens (tertiary/aromatic N) is 1. The van der Waals surface area contributed by atoms with Gasteiger partial charge in [0.05, 0.1) is 18.6 Å². The Morgan fingerprint density at radius 2 is 1.81 bits per heavy atom. The number of ether oxygens (including phenoxy) is 1. The van der Waals surface area contributed by atoms with Gasteiger partial charge in [-0.15, -0.1) is 0 Å². The number of carbonyl (C=O) groups is 3. The van der Waals surface area contributed by atoms with E-state index in [0.29, 0.717) is 22.7 Å². The molecule has 1 atom stereocenters. The summed E-state index contributed by atoms with van der Waals surface area (Å²) in [5.74, 6) is -0.927. The second kappa shape index (κ2) is 9.60. The Morgan fingerprint density at radius 1 is 1.22 bits per heavy atom. The van der Waals surface area contributed by atoms with Gasteiger partial charge in [-0.25, -0.2) is 4.79 Å². The SMILES string of the molecule is COC(=O)[C@H](C)N(C(=O)CSC(=O)CC(C)(C)C)c1c(C)ccc(Cl)c1C.